The molecule has 1 aromatic heterocycles. The molecule has 4 heteroatoms. The minimum absolute atomic E-state index is 0.216. The molecule has 1 aromatic carbocycles. The van der Waals surface area contributed by atoms with Gasteiger partial charge in [0.15, 0.2) is 0 Å². The molecule has 0 radical (unpaired) electrons. The third kappa shape index (κ3) is 2.18. The van der Waals surface area contributed by atoms with Gasteiger partial charge in [-0.1, -0.05) is 12.1 Å². The van der Waals surface area contributed by atoms with Crippen LogP contribution >= 0.6 is 0 Å². The number of aromatic amines is 1. The van der Waals surface area contributed by atoms with Crippen LogP contribution in [-0.4, -0.2) is 10.9 Å². The Kier molecular flexibility index (Phi) is 2.93. The van der Waals surface area contributed by atoms with E-state index in [-0.39, 0.29) is 5.91 Å². The van der Waals surface area contributed by atoms with Crippen LogP contribution in [0.5, 0.6) is 0 Å². The Hall–Kier alpha value is -2.54. The lowest BCUT2D eigenvalue weighted by Gasteiger charge is -2.06. The SMILES string of the molecule is Cc1[nH]ccc1C(=O)Nc1ccccc1C#N. The fourth-order valence-corrected chi connectivity index (χ4v) is 1.58. The van der Waals surface area contributed by atoms with E-state index in [1.165, 1.54) is 0 Å². The quantitative estimate of drug-likeness (QED) is 0.824. The molecule has 2 aromatic rings. The number of carbonyl (C=O) groups excluding carboxylic acids is 1. The molecule has 0 atom stereocenters. The Bertz CT molecular complexity index is 593. The molecule has 0 saturated carbocycles. The molecular formula is C13H11N3O. The summed E-state index contributed by atoms with van der Waals surface area (Å²) < 4.78 is 0. The number of hydrogen-bond donors (Lipinski definition) is 2. The number of H-pyrrole nitrogens is 1. The van der Waals surface area contributed by atoms with Gasteiger partial charge in [0.25, 0.3) is 5.91 Å². The lowest BCUT2D eigenvalue weighted by molar-refractivity contribution is 0.102. The number of aromatic nitrogens is 1. The molecule has 84 valence electrons. The maximum absolute atomic E-state index is 11.9. The first-order chi connectivity index (χ1) is 8.22. The predicted octanol–water partition coefficient (Wildman–Crippen LogP) is 2.45. The van der Waals surface area contributed by atoms with Crippen molar-refractivity contribution < 1.29 is 4.79 Å². The van der Waals surface area contributed by atoms with Crippen molar-refractivity contribution in [2.45, 2.75) is 6.92 Å². The number of aryl methyl sites for hydroxylation is 1. The molecule has 2 rings (SSSR count). The molecule has 1 amide bonds. The highest BCUT2D eigenvalue weighted by Gasteiger charge is 2.11. The van der Waals surface area contributed by atoms with E-state index in [1.54, 1.807) is 36.5 Å². The highest BCUT2D eigenvalue weighted by molar-refractivity contribution is 6.05. The fourth-order valence-electron chi connectivity index (χ4n) is 1.58. The van der Waals surface area contributed by atoms with Crippen LogP contribution in [0.15, 0.2) is 36.5 Å². The fraction of sp³-hybridized carbons (Fsp3) is 0.0769. The number of amides is 1. The van der Waals surface area contributed by atoms with Crippen molar-refractivity contribution in [1.82, 2.24) is 4.98 Å². The van der Waals surface area contributed by atoms with Gasteiger partial charge in [-0.15, -0.1) is 0 Å². The van der Waals surface area contributed by atoms with E-state index in [0.29, 0.717) is 16.8 Å². The number of nitrogens with one attached hydrogen (secondary N) is 2. The molecule has 17 heavy (non-hydrogen) atoms. The largest absolute Gasteiger partial charge is 0.365 e. The van der Waals surface area contributed by atoms with E-state index in [0.717, 1.165) is 5.69 Å². The van der Waals surface area contributed by atoms with Gasteiger partial charge in [-0.3, -0.25) is 4.79 Å². The second-order valence-electron chi connectivity index (χ2n) is 3.63. The molecule has 1 heterocycles. The number of nitrogens with zero attached hydrogens (tertiary/aromatic N) is 1. The molecule has 0 aliphatic rings. The van der Waals surface area contributed by atoms with Crippen molar-refractivity contribution >= 4 is 11.6 Å². The zero-order valence-corrected chi connectivity index (χ0v) is 9.32. The third-order valence-corrected chi connectivity index (χ3v) is 2.49. The van der Waals surface area contributed by atoms with E-state index < -0.39 is 0 Å². The molecule has 0 spiro atoms. The summed E-state index contributed by atoms with van der Waals surface area (Å²) >= 11 is 0. The third-order valence-electron chi connectivity index (χ3n) is 2.49. The lowest BCUT2D eigenvalue weighted by Crippen LogP contribution is -2.13. The monoisotopic (exact) mass is 225 g/mol. The van der Waals surface area contributed by atoms with E-state index in [1.807, 2.05) is 13.0 Å². The number of nitriles is 1. The van der Waals surface area contributed by atoms with Gasteiger partial charge in [0.1, 0.15) is 6.07 Å². The molecule has 0 aliphatic heterocycles. The average molecular weight is 225 g/mol. The van der Waals surface area contributed by atoms with Crippen LogP contribution < -0.4 is 5.32 Å². The number of anilines is 1. The molecule has 0 bridgehead atoms. The summed E-state index contributed by atoms with van der Waals surface area (Å²) in [6.45, 7) is 1.82. The zero-order valence-electron chi connectivity index (χ0n) is 9.32. The number of para-hydroxylation sites is 1. The first kappa shape index (κ1) is 11.0. The van der Waals surface area contributed by atoms with Crippen molar-refractivity contribution in [1.29, 1.82) is 5.26 Å². The Morgan fingerprint density at radius 3 is 2.76 bits per heavy atom. The second kappa shape index (κ2) is 4.54. The molecule has 0 fully saturated rings. The standard InChI is InChI=1S/C13H11N3O/c1-9-11(6-7-15-9)13(17)16-12-5-3-2-4-10(12)8-14/h2-7,15H,1H3,(H,16,17). The Labute approximate surface area is 98.9 Å². The van der Waals surface area contributed by atoms with Gasteiger partial charge < -0.3 is 10.3 Å². The van der Waals surface area contributed by atoms with Gasteiger partial charge in [-0.25, -0.2) is 0 Å². The minimum atomic E-state index is -0.216. The van der Waals surface area contributed by atoms with E-state index in [9.17, 15) is 4.79 Å². The number of rotatable bonds is 2. The van der Waals surface area contributed by atoms with Gasteiger partial charge in [0, 0.05) is 11.9 Å². The summed E-state index contributed by atoms with van der Waals surface area (Å²) in [4.78, 5) is 14.9. The van der Waals surface area contributed by atoms with Crippen LogP contribution in [0.2, 0.25) is 0 Å². The smallest absolute Gasteiger partial charge is 0.257 e. The number of carbonyl (C=O) groups is 1. The van der Waals surface area contributed by atoms with Crippen molar-refractivity contribution in [3.8, 4) is 6.07 Å². The molecule has 0 aliphatic carbocycles. The Balaban J connectivity index is 2.26. The Morgan fingerprint density at radius 1 is 1.35 bits per heavy atom. The van der Waals surface area contributed by atoms with E-state index in [4.69, 9.17) is 5.26 Å². The van der Waals surface area contributed by atoms with Gasteiger partial charge in [-0.05, 0) is 25.1 Å². The van der Waals surface area contributed by atoms with Gasteiger partial charge in [-0.2, -0.15) is 5.26 Å². The molecule has 4 nitrogen and oxygen atoms in total. The van der Waals surface area contributed by atoms with Crippen molar-refractivity contribution in [3.63, 3.8) is 0 Å². The number of hydrogen-bond acceptors (Lipinski definition) is 2. The molecule has 0 saturated heterocycles. The summed E-state index contributed by atoms with van der Waals surface area (Å²) in [6, 6.07) is 10.7. The first-order valence-electron chi connectivity index (χ1n) is 5.17. The van der Waals surface area contributed by atoms with Crippen LogP contribution in [0.3, 0.4) is 0 Å². The van der Waals surface area contributed by atoms with Crippen LogP contribution in [0.1, 0.15) is 21.6 Å². The summed E-state index contributed by atoms with van der Waals surface area (Å²) in [6.07, 6.45) is 1.71. The predicted molar refractivity (Wildman–Crippen MR) is 64.6 cm³/mol. The number of benzene rings is 1. The lowest BCUT2D eigenvalue weighted by atomic mass is 10.2. The van der Waals surface area contributed by atoms with Crippen molar-refractivity contribution in [3.05, 3.63) is 53.3 Å². The summed E-state index contributed by atoms with van der Waals surface area (Å²) in [5, 5.41) is 11.6. The van der Waals surface area contributed by atoms with Crippen molar-refractivity contribution in [2.75, 3.05) is 5.32 Å². The minimum Gasteiger partial charge on any atom is -0.365 e. The van der Waals surface area contributed by atoms with E-state index in [2.05, 4.69) is 10.3 Å². The first-order valence-corrected chi connectivity index (χ1v) is 5.17. The van der Waals surface area contributed by atoms with Gasteiger partial charge in [0.2, 0.25) is 0 Å². The Morgan fingerprint density at radius 2 is 2.12 bits per heavy atom. The van der Waals surface area contributed by atoms with Crippen LogP contribution in [0.4, 0.5) is 5.69 Å². The van der Waals surface area contributed by atoms with Crippen LogP contribution in [-0.2, 0) is 0 Å². The molecule has 2 N–H and O–H groups in total. The second-order valence-corrected chi connectivity index (χ2v) is 3.63. The maximum atomic E-state index is 11.9. The van der Waals surface area contributed by atoms with Crippen LogP contribution in [0.25, 0.3) is 0 Å². The van der Waals surface area contributed by atoms with Gasteiger partial charge in [0.05, 0.1) is 16.8 Å². The average Bonchev–Trinajstić information content (AvgIpc) is 2.76. The summed E-state index contributed by atoms with van der Waals surface area (Å²) in [7, 11) is 0. The zero-order chi connectivity index (χ0) is 12.3. The van der Waals surface area contributed by atoms with Gasteiger partial charge >= 0.3 is 0 Å². The molecule has 0 unspecified atom stereocenters. The topological polar surface area (TPSA) is 68.7 Å². The van der Waals surface area contributed by atoms with Crippen molar-refractivity contribution in [2.24, 2.45) is 0 Å². The summed E-state index contributed by atoms with van der Waals surface area (Å²) in [5.74, 6) is -0.216. The maximum Gasteiger partial charge on any atom is 0.257 e. The highest BCUT2D eigenvalue weighted by atomic mass is 16.1. The normalized spacial score (nSPS) is 9.65. The van der Waals surface area contributed by atoms with Crippen LogP contribution in [0, 0.1) is 18.3 Å². The van der Waals surface area contributed by atoms with E-state index >= 15 is 0 Å². The molecular weight excluding hydrogens is 214 g/mol. The highest BCUT2D eigenvalue weighted by Crippen LogP contribution is 2.15. The summed E-state index contributed by atoms with van der Waals surface area (Å²) in [5.41, 5.74) is 2.37.